The number of anilines is 1. The van der Waals surface area contributed by atoms with Crippen LogP contribution in [-0.4, -0.2) is 31.4 Å². The van der Waals surface area contributed by atoms with Gasteiger partial charge < -0.3 is 20.5 Å². The van der Waals surface area contributed by atoms with E-state index in [4.69, 9.17) is 16.3 Å². The Labute approximate surface area is 123 Å². The van der Waals surface area contributed by atoms with Crippen LogP contribution in [0.1, 0.15) is 18.4 Å². The Morgan fingerprint density at radius 2 is 2.20 bits per heavy atom. The first kappa shape index (κ1) is 14.9. The van der Waals surface area contributed by atoms with Gasteiger partial charge in [0.05, 0.1) is 19.4 Å². The van der Waals surface area contributed by atoms with Crippen LogP contribution in [0.25, 0.3) is 0 Å². The third kappa shape index (κ3) is 3.35. The number of rotatable bonds is 5. The molecule has 0 heterocycles. The van der Waals surface area contributed by atoms with Crippen LogP contribution in [0.5, 0.6) is 5.75 Å². The molecule has 0 atom stereocenters. The second kappa shape index (κ2) is 5.89. The first-order valence-electron chi connectivity index (χ1n) is 6.49. The second-order valence-corrected chi connectivity index (χ2v) is 5.67. The topological polar surface area (TPSA) is 70.6 Å². The third-order valence-electron chi connectivity index (χ3n) is 3.65. The van der Waals surface area contributed by atoms with Crippen molar-refractivity contribution in [3.05, 3.63) is 22.7 Å². The van der Waals surface area contributed by atoms with Crippen molar-refractivity contribution >= 4 is 23.3 Å². The SMILES string of the molecule is COc1cc(Cl)c(C)cc1NC(=O)NCC1(CO)CC1. The van der Waals surface area contributed by atoms with Gasteiger partial charge in [0.2, 0.25) is 0 Å². The molecular formula is C14H19ClN2O3. The maximum atomic E-state index is 11.9. The molecule has 0 bridgehead atoms. The summed E-state index contributed by atoms with van der Waals surface area (Å²) in [6.45, 7) is 2.44. The lowest BCUT2D eigenvalue weighted by Crippen LogP contribution is -2.35. The molecule has 1 saturated carbocycles. The zero-order valence-corrected chi connectivity index (χ0v) is 12.4. The van der Waals surface area contributed by atoms with Gasteiger partial charge >= 0.3 is 6.03 Å². The Morgan fingerprint density at radius 1 is 1.50 bits per heavy atom. The molecule has 6 heteroatoms. The van der Waals surface area contributed by atoms with E-state index in [0.717, 1.165) is 18.4 Å². The maximum Gasteiger partial charge on any atom is 0.319 e. The van der Waals surface area contributed by atoms with Crippen molar-refractivity contribution in [2.75, 3.05) is 25.6 Å². The number of aliphatic hydroxyl groups is 1. The molecule has 2 amide bonds. The Bertz CT molecular complexity index is 515. The van der Waals surface area contributed by atoms with Crippen LogP contribution >= 0.6 is 11.6 Å². The second-order valence-electron chi connectivity index (χ2n) is 5.27. The molecule has 2 rings (SSSR count). The summed E-state index contributed by atoms with van der Waals surface area (Å²) in [5.74, 6) is 0.513. The van der Waals surface area contributed by atoms with E-state index in [2.05, 4.69) is 10.6 Å². The molecule has 1 aliphatic carbocycles. The number of hydrogen-bond acceptors (Lipinski definition) is 3. The number of amides is 2. The molecule has 1 aromatic carbocycles. The van der Waals surface area contributed by atoms with E-state index in [1.54, 1.807) is 12.1 Å². The number of aliphatic hydroxyl groups excluding tert-OH is 1. The van der Waals surface area contributed by atoms with E-state index in [1.807, 2.05) is 6.92 Å². The summed E-state index contributed by atoms with van der Waals surface area (Å²) in [4.78, 5) is 11.9. The van der Waals surface area contributed by atoms with Crippen molar-refractivity contribution in [3.8, 4) is 5.75 Å². The molecule has 0 unspecified atom stereocenters. The highest BCUT2D eigenvalue weighted by molar-refractivity contribution is 6.31. The summed E-state index contributed by atoms with van der Waals surface area (Å²) >= 11 is 6.01. The number of ether oxygens (including phenoxy) is 1. The fourth-order valence-electron chi connectivity index (χ4n) is 1.93. The number of urea groups is 1. The van der Waals surface area contributed by atoms with E-state index in [9.17, 15) is 9.90 Å². The largest absolute Gasteiger partial charge is 0.495 e. The highest BCUT2D eigenvalue weighted by Gasteiger charge is 2.42. The van der Waals surface area contributed by atoms with E-state index in [1.165, 1.54) is 7.11 Å². The van der Waals surface area contributed by atoms with Gasteiger partial charge in [-0.15, -0.1) is 0 Å². The number of aryl methyl sites for hydroxylation is 1. The van der Waals surface area contributed by atoms with Crippen molar-refractivity contribution in [2.45, 2.75) is 19.8 Å². The highest BCUT2D eigenvalue weighted by atomic mass is 35.5. The van der Waals surface area contributed by atoms with Crippen LogP contribution in [-0.2, 0) is 0 Å². The minimum Gasteiger partial charge on any atom is -0.495 e. The van der Waals surface area contributed by atoms with Gasteiger partial charge in [0.25, 0.3) is 0 Å². The lowest BCUT2D eigenvalue weighted by molar-refractivity contribution is 0.206. The van der Waals surface area contributed by atoms with Gasteiger partial charge in [0, 0.05) is 23.0 Å². The first-order valence-corrected chi connectivity index (χ1v) is 6.87. The Morgan fingerprint density at radius 3 is 2.75 bits per heavy atom. The van der Waals surface area contributed by atoms with Crippen LogP contribution < -0.4 is 15.4 Å². The molecule has 0 saturated heterocycles. The summed E-state index contributed by atoms with van der Waals surface area (Å²) in [5, 5.41) is 15.3. The summed E-state index contributed by atoms with van der Waals surface area (Å²) in [5.41, 5.74) is 1.31. The average Bonchev–Trinajstić information content (AvgIpc) is 3.21. The van der Waals surface area contributed by atoms with Crippen molar-refractivity contribution < 1.29 is 14.6 Å². The smallest absolute Gasteiger partial charge is 0.319 e. The van der Waals surface area contributed by atoms with Crippen molar-refractivity contribution in [1.82, 2.24) is 5.32 Å². The van der Waals surface area contributed by atoms with E-state index in [0.29, 0.717) is 23.0 Å². The predicted octanol–water partition coefficient (Wildman–Crippen LogP) is 2.55. The standard InChI is InChI=1S/C14H19ClN2O3/c1-9-5-11(12(20-2)6-10(9)15)17-13(19)16-7-14(8-18)3-4-14/h5-6,18H,3-4,7-8H2,1-2H3,(H2,16,17,19). The van der Waals surface area contributed by atoms with Gasteiger partial charge in [-0.2, -0.15) is 0 Å². The quantitative estimate of drug-likeness (QED) is 0.782. The lowest BCUT2D eigenvalue weighted by Gasteiger charge is -2.15. The highest BCUT2D eigenvalue weighted by Crippen LogP contribution is 2.44. The minimum atomic E-state index is -0.315. The number of hydrogen-bond donors (Lipinski definition) is 3. The molecule has 0 radical (unpaired) electrons. The average molecular weight is 299 g/mol. The van der Waals surface area contributed by atoms with Crippen LogP contribution in [0.4, 0.5) is 10.5 Å². The first-order chi connectivity index (χ1) is 9.49. The van der Waals surface area contributed by atoms with Gasteiger partial charge in [-0.3, -0.25) is 0 Å². The molecule has 20 heavy (non-hydrogen) atoms. The molecule has 3 N–H and O–H groups in total. The van der Waals surface area contributed by atoms with E-state index >= 15 is 0 Å². The molecule has 5 nitrogen and oxygen atoms in total. The fraction of sp³-hybridized carbons (Fsp3) is 0.500. The molecular weight excluding hydrogens is 280 g/mol. The van der Waals surface area contributed by atoms with Crippen molar-refractivity contribution in [2.24, 2.45) is 5.41 Å². The van der Waals surface area contributed by atoms with Gasteiger partial charge in [0.15, 0.2) is 0 Å². The Hall–Kier alpha value is -1.46. The monoisotopic (exact) mass is 298 g/mol. The van der Waals surface area contributed by atoms with Gasteiger partial charge in [-0.1, -0.05) is 11.6 Å². The van der Waals surface area contributed by atoms with Crippen molar-refractivity contribution in [3.63, 3.8) is 0 Å². The predicted molar refractivity (Wildman–Crippen MR) is 78.5 cm³/mol. The third-order valence-corrected chi connectivity index (χ3v) is 4.05. The van der Waals surface area contributed by atoms with Crippen LogP contribution in [0.3, 0.4) is 0 Å². The maximum absolute atomic E-state index is 11.9. The number of carbonyl (C=O) groups excluding carboxylic acids is 1. The van der Waals surface area contributed by atoms with Crippen molar-refractivity contribution in [1.29, 1.82) is 0 Å². The molecule has 1 aliphatic rings. The fourth-order valence-corrected chi connectivity index (χ4v) is 2.09. The number of nitrogens with one attached hydrogen (secondary N) is 2. The number of carbonyl (C=O) groups is 1. The molecule has 0 aliphatic heterocycles. The Kier molecular flexibility index (Phi) is 4.40. The van der Waals surface area contributed by atoms with Gasteiger partial charge in [-0.05, 0) is 31.4 Å². The van der Waals surface area contributed by atoms with Crippen LogP contribution in [0.15, 0.2) is 12.1 Å². The van der Waals surface area contributed by atoms with E-state index < -0.39 is 0 Å². The molecule has 1 fully saturated rings. The zero-order valence-electron chi connectivity index (χ0n) is 11.6. The summed E-state index contributed by atoms with van der Waals surface area (Å²) in [7, 11) is 1.52. The zero-order chi connectivity index (χ0) is 14.8. The summed E-state index contributed by atoms with van der Waals surface area (Å²) < 4.78 is 5.19. The number of methoxy groups -OCH3 is 1. The number of halogens is 1. The lowest BCUT2D eigenvalue weighted by atomic mass is 10.1. The summed E-state index contributed by atoms with van der Waals surface area (Å²) in [6.07, 6.45) is 1.90. The van der Waals surface area contributed by atoms with Crippen LogP contribution in [0.2, 0.25) is 5.02 Å². The van der Waals surface area contributed by atoms with Gasteiger partial charge in [-0.25, -0.2) is 4.79 Å². The molecule has 0 spiro atoms. The Balaban J connectivity index is 1.98. The normalized spacial score (nSPS) is 15.6. The number of benzene rings is 1. The van der Waals surface area contributed by atoms with E-state index in [-0.39, 0.29) is 18.1 Å². The molecule has 0 aromatic heterocycles. The summed E-state index contributed by atoms with van der Waals surface area (Å²) in [6, 6.07) is 3.12. The molecule has 110 valence electrons. The van der Waals surface area contributed by atoms with Crippen LogP contribution in [0, 0.1) is 12.3 Å². The van der Waals surface area contributed by atoms with Gasteiger partial charge in [0.1, 0.15) is 5.75 Å². The molecule has 1 aromatic rings. The minimum absolute atomic E-state index is 0.108.